The van der Waals surface area contributed by atoms with Crippen LogP contribution in [0.25, 0.3) is 0 Å². The molecule has 1 unspecified atom stereocenters. The molecule has 0 bridgehead atoms. The molecular weight excluding hydrogens is 234 g/mol. The average Bonchev–Trinajstić information content (AvgIpc) is 2.91. The molecule has 102 valence electrons. The first-order valence-electron chi connectivity index (χ1n) is 7.02. The zero-order valence-corrected chi connectivity index (χ0v) is 12.1. The fourth-order valence-corrected chi connectivity index (χ4v) is 2.25. The van der Waals surface area contributed by atoms with E-state index in [1.807, 2.05) is 12.3 Å². The first kappa shape index (κ1) is 13.9. The molecule has 1 atom stereocenters. The van der Waals surface area contributed by atoms with Gasteiger partial charge in [-0.2, -0.15) is 0 Å². The van der Waals surface area contributed by atoms with Crippen LogP contribution >= 0.6 is 0 Å². The van der Waals surface area contributed by atoms with E-state index < -0.39 is 0 Å². The predicted octanol–water partition coefficient (Wildman–Crippen LogP) is 4.18. The minimum Gasteiger partial charge on any atom is -0.472 e. The Labute approximate surface area is 115 Å². The standard InChI is InChI=1S/C17H23NO/c1-4-8-18-17(11-15-7-9-19-12-15)16-6-5-13(2)14(3)10-16/h5-7,9-10,12,17-18H,4,8,11H2,1-3H3. The summed E-state index contributed by atoms with van der Waals surface area (Å²) in [5.74, 6) is 0. The number of hydrogen-bond donors (Lipinski definition) is 1. The Balaban J connectivity index is 2.18. The summed E-state index contributed by atoms with van der Waals surface area (Å²) in [4.78, 5) is 0. The molecule has 1 N–H and O–H groups in total. The van der Waals surface area contributed by atoms with Crippen molar-refractivity contribution >= 4 is 0 Å². The van der Waals surface area contributed by atoms with Crippen molar-refractivity contribution in [1.29, 1.82) is 0 Å². The van der Waals surface area contributed by atoms with Gasteiger partial charge in [0.2, 0.25) is 0 Å². The van der Waals surface area contributed by atoms with Crippen LogP contribution in [-0.2, 0) is 6.42 Å². The number of aryl methyl sites for hydroxylation is 2. The van der Waals surface area contributed by atoms with E-state index in [2.05, 4.69) is 44.3 Å². The van der Waals surface area contributed by atoms with Gasteiger partial charge in [-0.25, -0.2) is 0 Å². The lowest BCUT2D eigenvalue weighted by molar-refractivity contribution is 0.520. The second-order valence-electron chi connectivity index (χ2n) is 5.19. The summed E-state index contributed by atoms with van der Waals surface area (Å²) in [5.41, 5.74) is 5.30. The van der Waals surface area contributed by atoms with Gasteiger partial charge in [0.25, 0.3) is 0 Å². The van der Waals surface area contributed by atoms with E-state index in [1.54, 1.807) is 6.26 Å². The van der Waals surface area contributed by atoms with Crippen molar-refractivity contribution in [2.75, 3.05) is 6.54 Å². The van der Waals surface area contributed by atoms with Gasteiger partial charge in [0, 0.05) is 6.04 Å². The maximum absolute atomic E-state index is 5.17. The summed E-state index contributed by atoms with van der Waals surface area (Å²) in [6, 6.07) is 9.14. The van der Waals surface area contributed by atoms with Crippen molar-refractivity contribution in [3.8, 4) is 0 Å². The molecule has 0 amide bonds. The zero-order valence-electron chi connectivity index (χ0n) is 12.1. The second kappa shape index (κ2) is 6.58. The Hall–Kier alpha value is -1.54. The highest BCUT2D eigenvalue weighted by Crippen LogP contribution is 2.21. The molecule has 1 aromatic heterocycles. The van der Waals surface area contributed by atoms with Gasteiger partial charge < -0.3 is 9.73 Å². The highest BCUT2D eigenvalue weighted by molar-refractivity contribution is 5.32. The summed E-state index contributed by atoms with van der Waals surface area (Å²) in [6.07, 6.45) is 5.69. The molecule has 2 rings (SSSR count). The summed E-state index contributed by atoms with van der Waals surface area (Å²) in [7, 11) is 0. The molecule has 1 heterocycles. The normalized spacial score (nSPS) is 12.6. The second-order valence-corrected chi connectivity index (χ2v) is 5.19. The largest absolute Gasteiger partial charge is 0.472 e. The molecule has 0 spiro atoms. The van der Waals surface area contributed by atoms with Gasteiger partial charge in [0.05, 0.1) is 12.5 Å². The molecule has 2 nitrogen and oxygen atoms in total. The van der Waals surface area contributed by atoms with Crippen molar-refractivity contribution in [1.82, 2.24) is 5.32 Å². The van der Waals surface area contributed by atoms with Crippen LogP contribution < -0.4 is 5.32 Å². The monoisotopic (exact) mass is 257 g/mol. The van der Waals surface area contributed by atoms with Gasteiger partial charge in [-0.1, -0.05) is 25.1 Å². The third kappa shape index (κ3) is 3.71. The van der Waals surface area contributed by atoms with E-state index >= 15 is 0 Å². The molecule has 0 radical (unpaired) electrons. The SMILES string of the molecule is CCCNC(Cc1ccoc1)c1ccc(C)c(C)c1. The van der Waals surface area contributed by atoms with Crippen LogP contribution in [0.4, 0.5) is 0 Å². The van der Waals surface area contributed by atoms with Crippen LogP contribution in [0.3, 0.4) is 0 Å². The first-order chi connectivity index (χ1) is 9.20. The maximum atomic E-state index is 5.17. The number of rotatable bonds is 6. The fraction of sp³-hybridized carbons (Fsp3) is 0.412. The summed E-state index contributed by atoms with van der Waals surface area (Å²) in [5, 5.41) is 3.63. The number of furan rings is 1. The van der Waals surface area contributed by atoms with E-state index in [4.69, 9.17) is 4.42 Å². The third-order valence-corrected chi connectivity index (χ3v) is 3.59. The molecule has 2 aromatic rings. The van der Waals surface area contributed by atoms with Crippen LogP contribution in [-0.4, -0.2) is 6.54 Å². The molecule has 0 saturated carbocycles. The minimum atomic E-state index is 0.358. The van der Waals surface area contributed by atoms with Gasteiger partial charge in [0.15, 0.2) is 0 Å². The van der Waals surface area contributed by atoms with Crippen LogP contribution in [0, 0.1) is 13.8 Å². The number of nitrogens with one attached hydrogen (secondary N) is 1. The molecule has 0 saturated heterocycles. The van der Waals surface area contributed by atoms with Crippen LogP contribution in [0.15, 0.2) is 41.2 Å². The zero-order chi connectivity index (χ0) is 13.7. The van der Waals surface area contributed by atoms with Crippen LogP contribution in [0.2, 0.25) is 0 Å². The van der Waals surface area contributed by atoms with Gasteiger partial charge >= 0.3 is 0 Å². The lowest BCUT2D eigenvalue weighted by atomic mass is 9.97. The maximum Gasteiger partial charge on any atom is 0.0935 e. The lowest BCUT2D eigenvalue weighted by Crippen LogP contribution is -2.24. The summed E-state index contributed by atoms with van der Waals surface area (Å²) < 4.78 is 5.17. The smallest absolute Gasteiger partial charge is 0.0935 e. The highest BCUT2D eigenvalue weighted by atomic mass is 16.3. The average molecular weight is 257 g/mol. The molecule has 0 fully saturated rings. The van der Waals surface area contributed by atoms with Gasteiger partial charge in [-0.15, -0.1) is 0 Å². The Bertz CT molecular complexity index is 502. The predicted molar refractivity (Wildman–Crippen MR) is 79.4 cm³/mol. The molecule has 2 heteroatoms. The Morgan fingerprint density at radius 1 is 1.16 bits per heavy atom. The molecular formula is C17H23NO. The quantitative estimate of drug-likeness (QED) is 0.839. The van der Waals surface area contributed by atoms with Crippen LogP contribution in [0.1, 0.15) is 41.6 Å². The van der Waals surface area contributed by atoms with Crippen molar-refractivity contribution in [3.63, 3.8) is 0 Å². The van der Waals surface area contributed by atoms with Crippen molar-refractivity contribution in [2.45, 2.75) is 39.7 Å². The third-order valence-electron chi connectivity index (χ3n) is 3.59. The Morgan fingerprint density at radius 2 is 2.00 bits per heavy atom. The Morgan fingerprint density at radius 3 is 2.63 bits per heavy atom. The number of hydrogen-bond acceptors (Lipinski definition) is 2. The Kier molecular flexibility index (Phi) is 4.80. The fourth-order valence-electron chi connectivity index (χ4n) is 2.25. The summed E-state index contributed by atoms with van der Waals surface area (Å²) >= 11 is 0. The van der Waals surface area contributed by atoms with E-state index in [-0.39, 0.29) is 0 Å². The first-order valence-corrected chi connectivity index (χ1v) is 7.02. The number of benzene rings is 1. The highest BCUT2D eigenvalue weighted by Gasteiger charge is 2.12. The van der Waals surface area contributed by atoms with E-state index in [0.29, 0.717) is 6.04 Å². The van der Waals surface area contributed by atoms with E-state index in [0.717, 1.165) is 19.4 Å². The van der Waals surface area contributed by atoms with E-state index in [1.165, 1.54) is 22.3 Å². The van der Waals surface area contributed by atoms with Gasteiger partial charge in [-0.05, 0) is 61.6 Å². The van der Waals surface area contributed by atoms with Crippen molar-refractivity contribution < 1.29 is 4.42 Å². The lowest BCUT2D eigenvalue weighted by Gasteiger charge is -2.19. The van der Waals surface area contributed by atoms with Gasteiger partial charge in [-0.3, -0.25) is 0 Å². The summed E-state index contributed by atoms with van der Waals surface area (Å²) in [6.45, 7) is 7.56. The van der Waals surface area contributed by atoms with E-state index in [9.17, 15) is 0 Å². The minimum absolute atomic E-state index is 0.358. The molecule has 0 aliphatic heterocycles. The van der Waals surface area contributed by atoms with Crippen molar-refractivity contribution in [2.24, 2.45) is 0 Å². The molecule has 19 heavy (non-hydrogen) atoms. The molecule has 0 aliphatic carbocycles. The van der Waals surface area contributed by atoms with Gasteiger partial charge in [0.1, 0.15) is 0 Å². The molecule has 1 aromatic carbocycles. The topological polar surface area (TPSA) is 25.2 Å². The van der Waals surface area contributed by atoms with Crippen molar-refractivity contribution in [3.05, 3.63) is 59.0 Å². The molecule has 0 aliphatic rings. The van der Waals surface area contributed by atoms with Crippen LogP contribution in [0.5, 0.6) is 0 Å².